The molecule has 6 nitrogen and oxygen atoms in total. The van der Waals surface area contributed by atoms with Crippen molar-refractivity contribution >= 4 is 40.3 Å². The zero-order chi connectivity index (χ0) is 20.8. The van der Waals surface area contributed by atoms with Gasteiger partial charge in [-0.2, -0.15) is 5.11 Å². The van der Waals surface area contributed by atoms with Gasteiger partial charge in [0.15, 0.2) is 5.82 Å². The molecule has 2 heterocycles. The van der Waals surface area contributed by atoms with E-state index in [2.05, 4.69) is 55.8 Å². The summed E-state index contributed by atoms with van der Waals surface area (Å²) in [5.41, 5.74) is 4.83. The maximum Gasteiger partial charge on any atom is 0.265 e. The highest BCUT2D eigenvalue weighted by atomic mass is 32.2. The Morgan fingerprint density at radius 2 is 2.10 bits per heavy atom. The standard InChI is InChI=1S/C21H21N5OS2/c1-5-18(28-6-2)15-8-7-13(3)16(9-15)17-11-23-19(12-22-17)25-21(27)20-14(4)10-24-26-29-20/h5-9,11-12H,2,10H2,1,3-4H3,(H,23,25,27)/b18-5-. The van der Waals surface area contributed by atoms with E-state index in [1.807, 2.05) is 26.2 Å². The first kappa shape index (κ1) is 21.0. The number of amides is 1. The zero-order valence-corrected chi connectivity index (χ0v) is 18.1. The molecule has 29 heavy (non-hydrogen) atoms. The van der Waals surface area contributed by atoms with Crippen LogP contribution in [0.4, 0.5) is 5.82 Å². The van der Waals surface area contributed by atoms with Gasteiger partial charge in [-0.1, -0.05) is 36.5 Å². The minimum Gasteiger partial charge on any atom is -0.305 e. The fourth-order valence-electron chi connectivity index (χ4n) is 2.74. The van der Waals surface area contributed by atoms with Crippen molar-refractivity contribution in [2.75, 3.05) is 11.9 Å². The van der Waals surface area contributed by atoms with Gasteiger partial charge in [0.2, 0.25) is 0 Å². The van der Waals surface area contributed by atoms with E-state index in [1.54, 1.807) is 24.2 Å². The lowest BCUT2D eigenvalue weighted by Crippen LogP contribution is -2.16. The van der Waals surface area contributed by atoms with Gasteiger partial charge < -0.3 is 5.32 Å². The molecule has 1 aliphatic rings. The molecule has 3 rings (SSSR count). The van der Waals surface area contributed by atoms with Crippen LogP contribution in [0.3, 0.4) is 0 Å². The fraction of sp³-hybridized carbons (Fsp3) is 0.190. The number of aryl methyl sites for hydroxylation is 1. The highest BCUT2D eigenvalue weighted by Crippen LogP contribution is 2.32. The molecule has 0 saturated heterocycles. The van der Waals surface area contributed by atoms with Gasteiger partial charge in [-0.3, -0.25) is 9.78 Å². The Hall–Kier alpha value is -2.71. The van der Waals surface area contributed by atoms with Crippen LogP contribution >= 0.6 is 23.7 Å². The largest absolute Gasteiger partial charge is 0.305 e. The van der Waals surface area contributed by atoms with Crippen molar-refractivity contribution in [2.24, 2.45) is 9.63 Å². The molecule has 1 amide bonds. The van der Waals surface area contributed by atoms with Gasteiger partial charge >= 0.3 is 0 Å². The number of allylic oxidation sites excluding steroid dienone is 1. The van der Waals surface area contributed by atoms with E-state index < -0.39 is 0 Å². The van der Waals surface area contributed by atoms with Gasteiger partial charge in [0, 0.05) is 22.4 Å². The Kier molecular flexibility index (Phi) is 7.00. The lowest BCUT2D eigenvalue weighted by molar-refractivity contribution is -0.112. The number of thioether (sulfide) groups is 1. The second kappa shape index (κ2) is 9.67. The van der Waals surface area contributed by atoms with Crippen molar-refractivity contribution in [3.8, 4) is 11.3 Å². The topological polar surface area (TPSA) is 79.6 Å². The van der Waals surface area contributed by atoms with Crippen molar-refractivity contribution in [1.29, 1.82) is 0 Å². The predicted molar refractivity (Wildman–Crippen MR) is 122 cm³/mol. The average Bonchev–Trinajstić information content (AvgIpc) is 2.73. The maximum atomic E-state index is 12.4. The molecule has 0 bridgehead atoms. The second-order valence-corrected chi connectivity index (χ2v) is 8.05. The highest BCUT2D eigenvalue weighted by Gasteiger charge is 2.17. The monoisotopic (exact) mass is 423 g/mol. The summed E-state index contributed by atoms with van der Waals surface area (Å²) in [4.78, 5) is 23.0. The zero-order valence-electron chi connectivity index (χ0n) is 16.5. The predicted octanol–water partition coefficient (Wildman–Crippen LogP) is 6.02. The van der Waals surface area contributed by atoms with Crippen LogP contribution in [-0.4, -0.2) is 22.4 Å². The second-order valence-electron chi connectivity index (χ2n) is 6.29. The van der Waals surface area contributed by atoms with Crippen LogP contribution in [0.5, 0.6) is 0 Å². The van der Waals surface area contributed by atoms with Crippen LogP contribution in [-0.2, 0) is 4.79 Å². The number of carbonyl (C=O) groups is 1. The normalized spacial score (nSPS) is 14.1. The Bertz CT molecular complexity index is 1030. The van der Waals surface area contributed by atoms with E-state index in [-0.39, 0.29) is 5.91 Å². The van der Waals surface area contributed by atoms with Crippen LogP contribution in [0.15, 0.2) is 68.8 Å². The molecular weight excluding hydrogens is 402 g/mol. The molecular formula is C21H21N5OS2. The Morgan fingerprint density at radius 1 is 1.28 bits per heavy atom. The van der Waals surface area contributed by atoms with Gasteiger partial charge in [0.25, 0.3) is 5.91 Å². The molecule has 8 heteroatoms. The van der Waals surface area contributed by atoms with E-state index >= 15 is 0 Å². The first-order chi connectivity index (χ1) is 14.0. The van der Waals surface area contributed by atoms with Crippen molar-refractivity contribution < 1.29 is 4.79 Å². The van der Waals surface area contributed by atoms with Gasteiger partial charge in [0.05, 0.1) is 29.5 Å². The number of rotatable bonds is 6. The van der Waals surface area contributed by atoms with Crippen molar-refractivity contribution in [2.45, 2.75) is 20.8 Å². The molecule has 1 aliphatic heterocycles. The third kappa shape index (κ3) is 5.02. The molecule has 1 aromatic heterocycles. The molecule has 0 aliphatic carbocycles. The minimum absolute atomic E-state index is 0.245. The molecule has 148 valence electrons. The first-order valence-electron chi connectivity index (χ1n) is 8.95. The number of carbonyl (C=O) groups excluding carboxylic acids is 1. The smallest absolute Gasteiger partial charge is 0.265 e. The van der Waals surface area contributed by atoms with Crippen molar-refractivity contribution in [3.63, 3.8) is 0 Å². The molecule has 0 atom stereocenters. The van der Waals surface area contributed by atoms with E-state index in [0.29, 0.717) is 17.3 Å². The van der Waals surface area contributed by atoms with Crippen LogP contribution in [0.1, 0.15) is 25.0 Å². The number of anilines is 1. The molecule has 1 aromatic carbocycles. The van der Waals surface area contributed by atoms with Gasteiger partial charge in [-0.15, -0.1) is 4.52 Å². The van der Waals surface area contributed by atoms with E-state index in [9.17, 15) is 4.79 Å². The molecule has 1 N–H and O–H groups in total. The third-order valence-electron chi connectivity index (χ3n) is 4.26. The SMILES string of the molecule is C=CS/C(=C\C)c1ccc(C)c(-c2cnc(NC(=O)C3=C(C)CN=NS3)cn2)c1. The summed E-state index contributed by atoms with van der Waals surface area (Å²) in [6.45, 7) is 10.1. The average molecular weight is 424 g/mol. The number of nitrogens with one attached hydrogen (secondary N) is 1. The Labute approximate surface area is 178 Å². The van der Waals surface area contributed by atoms with Gasteiger partial charge in [-0.25, -0.2) is 4.98 Å². The summed E-state index contributed by atoms with van der Waals surface area (Å²) in [6, 6.07) is 6.25. The molecule has 0 unspecified atom stereocenters. The third-order valence-corrected chi connectivity index (χ3v) is 6.06. The van der Waals surface area contributed by atoms with Crippen LogP contribution in [0.25, 0.3) is 16.2 Å². The van der Waals surface area contributed by atoms with E-state index in [0.717, 1.165) is 44.8 Å². The van der Waals surface area contributed by atoms with E-state index in [4.69, 9.17) is 0 Å². The van der Waals surface area contributed by atoms with Crippen LogP contribution in [0.2, 0.25) is 0 Å². The molecule has 2 aromatic rings. The molecule has 0 saturated carbocycles. The summed E-state index contributed by atoms with van der Waals surface area (Å²) < 4.78 is 3.85. The van der Waals surface area contributed by atoms with Gasteiger partial charge in [0.1, 0.15) is 0 Å². The fourth-order valence-corrected chi connectivity index (χ4v) is 3.87. The quantitative estimate of drug-likeness (QED) is 0.575. The summed E-state index contributed by atoms with van der Waals surface area (Å²) in [7, 11) is 0. The number of benzene rings is 1. The molecule has 0 spiro atoms. The lowest BCUT2D eigenvalue weighted by atomic mass is 10.0. The Balaban J connectivity index is 1.81. The summed E-state index contributed by atoms with van der Waals surface area (Å²) in [5.74, 6) is 0.151. The number of hydrogen-bond acceptors (Lipinski definition) is 7. The highest BCUT2D eigenvalue weighted by molar-refractivity contribution is 8.10. The lowest BCUT2D eigenvalue weighted by Gasteiger charge is -2.12. The molecule has 0 radical (unpaired) electrons. The minimum atomic E-state index is -0.245. The summed E-state index contributed by atoms with van der Waals surface area (Å²) in [6.07, 6.45) is 5.30. The van der Waals surface area contributed by atoms with E-state index in [1.165, 1.54) is 0 Å². The number of nitrogens with zero attached hydrogens (tertiary/aromatic N) is 4. The first-order valence-corrected chi connectivity index (χ1v) is 10.6. The number of hydrogen-bond donors (Lipinski definition) is 1. The van der Waals surface area contributed by atoms with Crippen molar-refractivity contribution in [1.82, 2.24) is 9.97 Å². The number of aromatic nitrogens is 2. The maximum absolute atomic E-state index is 12.4. The summed E-state index contributed by atoms with van der Waals surface area (Å²) >= 11 is 2.66. The molecule has 0 fully saturated rings. The van der Waals surface area contributed by atoms with Gasteiger partial charge in [-0.05, 0) is 48.9 Å². The summed E-state index contributed by atoms with van der Waals surface area (Å²) in [5, 5.41) is 8.49. The van der Waals surface area contributed by atoms with Crippen molar-refractivity contribution in [3.05, 3.63) is 70.3 Å². The van der Waals surface area contributed by atoms with Crippen LogP contribution in [0, 0.1) is 6.92 Å². The van der Waals surface area contributed by atoms with Crippen LogP contribution < -0.4 is 5.32 Å². The Morgan fingerprint density at radius 3 is 2.76 bits per heavy atom.